The van der Waals surface area contributed by atoms with E-state index < -0.39 is 6.16 Å². The summed E-state index contributed by atoms with van der Waals surface area (Å²) in [4.78, 5) is 8.56. The van der Waals surface area contributed by atoms with Crippen LogP contribution < -0.4 is 0 Å². The zero-order chi connectivity index (χ0) is 3.58. The predicted octanol–water partition coefficient (Wildman–Crippen LogP) is -1.99. The summed E-state index contributed by atoms with van der Waals surface area (Å²) in [7, 11) is 0. The van der Waals surface area contributed by atoms with E-state index >= 15 is 0 Å². The van der Waals surface area contributed by atoms with Gasteiger partial charge in [-0.3, -0.25) is 0 Å². The van der Waals surface area contributed by atoms with Crippen LogP contribution in [0.2, 0.25) is 0 Å². The van der Waals surface area contributed by atoms with Crippen LogP contribution >= 0.6 is 0 Å². The molecule has 0 aromatic heterocycles. The molecule has 0 aliphatic rings. The van der Waals surface area contributed by atoms with Gasteiger partial charge in [0.1, 0.15) is 0 Å². The van der Waals surface area contributed by atoms with Gasteiger partial charge < -0.3 is 10.2 Å². The topological polar surface area (TPSA) is 57.5 Å². The summed E-state index contributed by atoms with van der Waals surface area (Å²) < 4.78 is 0. The van der Waals surface area contributed by atoms with Crippen LogP contribution in [0.4, 0.5) is 4.79 Å². The van der Waals surface area contributed by atoms with Crippen LogP contribution in [-0.4, -0.2) is 135 Å². The van der Waals surface area contributed by atoms with Crippen molar-refractivity contribution < 1.29 is 15.0 Å². The second-order valence-electron chi connectivity index (χ2n) is 0.283. The van der Waals surface area contributed by atoms with Crippen molar-refractivity contribution in [1.29, 1.82) is 0 Å². The molecule has 3 nitrogen and oxygen atoms in total. The van der Waals surface area contributed by atoms with Gasteiger partial charge in [-0.15, -0.1) is 0 Å². The Hall–Kier alpha value is 3.17. The summed E-state index contributed by atoms with van der Waals surface area (Å²) in [5, 5.41) is 13.9. The Labute approximate surface area is 136 Å². The van der Waals surface area contributed by atoms with Gasteiger partial charge in [0, 0.05) is 0 Å². The first kappa shape index (κ1) is 22.5. The monoisotopic (exact) mass is 168 g/mol. The minimum absolute atomic E-state index is 0. The third-order valence-corrected chi connectivity index (χ3v) is 0. The summed E-state index contributed by atoms with van der Waals surface area (Å²) in [6.45, 7) is 0. The number of rotatable bonds is 0. The number of carboxylic acid groups (broad SMARTS) is 2. The van der Waals surface area contributed by atoms with Crippen molar-refractivity contribution in [1.82, 2.24) is 0 Å². The second kappa shape index (κ2) is 16.1. The summed E-state index contributed by atoms with van der Waals surface area (Å²) in [6.07, 6.45) is -1.83. The Balaban J connectivity index is -0.0000000150. The maximum atomic E-state index is 8.56. The molecule has 32 valence electrons. The van der Waals surface area contributed by atoms with Crippen LogP contribution in [0.25, 0.3) is 0 Å². The Kier molecular flexibility index (Phi) is 51.6. The standard InChI is InChI=1S/CH2O3.Ca.K.Na.4H/c2-1(3)4;;;;;;;/h(H2,2,3,4);;;;;;;. The van der Waals surface area contributed by atoms with E-state index in [-0.39, 0.29) is 119 Å². The Morgan fingerprint density at radius 1 is 1.29 bits per heavy atom. The molecule has 0 unspecified atom stereocenters. The fourth-order valence-corrected chi connectivity index (χ4v) is 0. The van der Waals surface area contributed by atoms with Crippen molar-refractivity contribution >= 4 is 125 Å². The fraction of sp³-hybridized carbons (Fsp3) is 0. The van der Waals surface area contributed by atoms with E-state index in [1.165, 1.54) is 0 Å². The minimum atomic E-state index is -1.83. The molecule has 0 saturated heterocycles. The number of carbonyl (C=O) groups is 1. The molecular weight excluding hydrogens is 162 g/mol. The van der Waals surface area contributed by atoms with E-state index in [1.807, 2.05) is 0 Å². The number of hydrogen-bond donors (Lipinski definition) is 2. The molecule has 6 heteroatoms. The molecule has 2 N–H and O–H groups in total. The molecule has 0 aliphatic carbocycles. The van der Waals surface area contributed by atoms with Crippen molar-refractivity contribution in [3.05, 3.63) is 0 Å². The molecule has 0 saturated carbocycles. The Morgan fingerprint density at radius 3 is 1.29 bits per heavy atom. The van der Waals surface area contributed by atoms with Crippen LogP contribution in [0, 0.1) is 0 Å². The first-order chi connectivity index (χ1) is 1.73. The molecule has 0 spiro atoms. The van der Waals surface area contributed by atoms with Gasteiger partial charge in [-0.25, -0.2) is 4.79 Å². The van der Waals surface area contributed by atoms with Gasteiger partial charge in [-0.1, -0.05) is 0 Å². The summed E-state index contributed by atoms with van der Waals surface area (Å²) in [6, 6.07) is 0. The maximum absolute atomic E-state index is 8.56. The molecule has 0 amide bonds. The quantitative estimate of drug-likeness (QED) is 0.412. The van der Waals surface area contributed by atoms with Crippen LogP contribution in [0.15, 0.2) is 0 Å². The molecular formula is CH6CaKNaO3. The van der Waals surface area contributed by atoms with Crippen LogP contribution in [-0.2, 0) is 0 Å². The van der Waals surface area contributed by atoms with Crippen LogP contribution in [0.5, 0.6) is 0 Å². The van der Waals surface area contributed by atoms with Crippen molar-refractivity contribution in [2.24, 2.45) is 0 Å². The molecule has 0 fully saturated rings. The average molecular weight is 168 g/mol. The van der Waals surface area contributed by atoms with Crippen molar-refractivity contribution in [3.8, 4) is 0 Å². The molecule has 0 bridgehead atoms. The van der Waals surface area contributed by atoms with Gasteiger partial charge >= 0.3 is 125 Å². The van der Waals surface area contributed by atoms with Crippen LogP contribution in [0.1, 0.15) is 0 Å². The van der Waals surface area contributed by atoms with E-state index in [4.69, 9.17) is 15.0 Å². The van der Waals surface area contributed by atoms with Crippen molar-refractivity contribution in [3.63, 3.8) is 0 Å². The zero-order valence-corrected chi connectivity index (χ0v) is 1.80. The first-order valence-electron chi connectivity index (χ1n) is 0.651. The SMILES string of the molecule is O=C(O)O.[CaH2].[KH].[NaH]. The van der Waals surface area contributed by atoms with Gasteiger partial charge in [0.2, 0.25) is 0 Å². The molecule has 0 aromatic carbocycles. The molecule has 0 rings (SSSR count). The number of hydrogen-bond acceptors (Lipinski definition) is 1. The van der Waals surface area contributed by atoms with Gasteiger partial charge in [0.05, 0.1) is 0 Å². The van der Waals surface area contributed by atoms with Gasteiger partial charge in [-0.2, -0.15) is 0 Å². The van der Waals surface area contributed by atoms with Gasteiger partial charge in [0.15, 0.2) is 0 Å². The van der Waals surface area contributed by atoms with E-state index in [1.54, 1.807) is 0 Å². The van der Waals surface area contributed by atoms with Crippen LogP contribution in [0.3, 0.4) is 0 Å². The van der Waals surface area contributed by atoms with E-state index in [9.17, 15) is 0 Å². The Bertz CT molecular complexity index is 37.9. The normalized spacial score (nSPS) is 3.43. The summed E-state index contributed by atoms with van der Waals surface area (Å²) in [5.41, 5.74) is 0. The molecule has 0 aliphatic heterocycles. The molecule has 0 radical (unpaired) electrons. The Morgan fingerprint density at radius 2 is 1.29 bits per heavy atom. The molecule has 0 heterocycles. The van der Waals surface area contributed by atoms with Gasteiger partial charge in [0.25, 0.3) is 0 Å². The third kappa shape index (κ3) is 47.0. The average Bonchev–Trinajstić information content (AvgIpc) is 0.811. The summed E-state index contributed by atoms with van der Waals surface area (Å²) in [5.74, 6) is 0. The van der Waals surface area contributed by atoms with E-state index in [0.717, 1.165) is 0 Å². The predicted molar refractivity (Wildman–Crippen MR) is 33.5 cm³/mol. The fourth-order valence-electron chi connectivity index (χ4n) is 0. The summed E-state index contributed by atoms with van der Waals surface area (Å²) >= 11 is 0. The van der Waals surface area contributed by atoms with E-state index in [0.29, 0.717) is 0 Å². The second-order valence-corrected chi connectivity index (χ2v) is 0.283. The zero-order valence-electron chi connectivity index (χ0n) is 1.80. The molecule has 0 atom stereocenters. The van der Waals surface area contributed by atoms with Crippen molar-refractivity contribution in [2.45, 2.75) is 0 Å². The van der Waals surface area contributed by atoms with Gasteiger partial charge in [-0.05, 0) is 0 Å². The first-order valence-corrected chi connectivity index (χ1v) is 0.651. The van der Waals surface area contributed by atoms with E-state index in [2.05, 4.69) is 0 Å². The third-order valence-electron chi connectivity index (χ3n) is 0. The van der Waals surface area contributed by atoms with Crippen molar-refractivity contribution in [2.75, 3.05) is 0 Å². The molecule has 7 heavy (non-hydrogen) atoms. The molecule has 0 aromatic rings.